The van der Waals surface area contributed by atoms with Crippen molar-refractivity contribution in [1.29, 1.82) is 0 Å². The molecule has 1 aromatic rings. The lowest BCUT2D eigenvalue weighted by atomic mass is 10.2. The molecule has 17 heavy (non-hydrogen) atoms. The molecule has 1 rings (SSSR count). The van der Waals surface area contributed by atoms with Crippen LogP contribution in [0, 0.1) is 0 Å². The Bertz CT molecular complexity index is 462. The van der Waals surface area contributed by atoms with Crippen molar-refractivity contribution in [3.05, 3.63) is 35.9 Å². The summed E-state index contributed by atoms with van der Waals surface area (Å²) < 4.78 is 24.2. The number of hydrogen-bond acceptors (Lipinski definition) is 4. The van der Waals surface area contributed by atoms with Crippen LogP contribution in [0.1, 0.15) is 10.4 Å². The number of sulfonamides is 1. The molecule has 0 unspecified atom stereocenters. The van der Waals surface area contributed by atoms with E-state index in [2.05, 4.69) is 4.72 Å². The molecule has 0 aliphatic carbocycles. The molecule has 0 fully saturated rings. The Balaban J connectivity index is 2.31. The van der Waals surface area contributed by atoms with Crippen molar-refractivity contribution < 1.29 is 13.2 Å². The molecule has 1 N–H and O–H groups in total. The van der Waals surface area contributed by atoms with Crippen LogP contribution in [0.15, 0.2) is 30.3 Å². The lowest BCUT2D eigenvalue weighted by Gasteiger charge is -2.03. The predicted molar refractivity (Wildman–Crippen MR) is 70.9 cm³/mol. The van der Waals surface area contributed by atoms with E-state index in [1.54, 1.807) is 24.3 Å². The van der Waals surface area contributed by atoms with E-state index in [0.717, 1.165) is 11.8 Å². The van der Waals surface area contributed by atoms with E-state index in [9.17, 15) is 13.2 Å². The Morgan fingerprint density at radius 1 is 1.29 bits per heavy atom. The van der Waals surface area contributed by atoms with Gasteiger partial charge in [-0.1, -0.05) is 42.1 Å². The van der Waals surface area contributed by atoms with Gasteiger partial charge in [-0.3, -0.25) is 4.79 Å². The minimum absolute atomic E-state index is 0.0735. The lowest BCUT2D eigenvalue weighted by molar-refractivity contribution is 0.108. The molecule has 0 aliphatic heterocycles. The number of carbonyl (C=O) groups is 1. The first-order chi connectivity index (χ1) is 8.05. The predicted octanol–water partition coefficient (Wildman–Crippen LogP) is 1.68. The Morgan fingerprint density at radius 3 is 2.53 bits per heavy atom. The van der Waals surface area contributed by atoms with Crippen LogP contribution in [0.3, 0.4) is 0 Å². The Hall–Kier alpha value is -0.560. The zero-order valence-corrected chi connectivity index (χ0v) is 11.3. The van der Waals surface area contributed by atoms with Gasteiger partial charge in [0.1, 0.15) is 5.21 Å². The summed E-state index contributed by atoms with van der Waals surface area (Å²) in [7, 11) is -3.39. The number of hydrogen-bond donors (Lipinski definition) is 1. The first-order valence-electron chi connectivity index (χ1n) is 4.80. The van der Waals surface area contributed by atoms with Crippen LogP contribution < -0.4 is 4.72 Å². The van der Waals surface area contributed by atoms with Crippen molar-refractivity contribution in [3.8, 4) is 0 Å². The van der Waals surface area contributed by atoms with Gasteiger partial charge in [0.25, 0.3) is 0 Å². The van der Waals surface area contributed by atoms with Gasteiger partial charge in [0.15, 0.2) is 0 Å². The molecule has 0 radical (unpaired) electrons. The highest BCUT2D eigenvalue weighted by atomic mass is 35.5. The van der Waals surface area contributed by atoms with Crippen LogP contribution in [0.4, 0.5) is 0 Å². The van der Waals surface area contributed by atoms with Crippen LogP contribution in [0.25, 0.3) is 0 Å². The fourth-order valence-electron chi connectivity index (χ4n) is 1.04. The number of alkyl halides is 1. The highest BCUT2D eigenvalue weighted by molar-refractivity contribution is 8.14. The second-order valence-electron chi connectivity index (χ2n) is 3.12. The van der Waals surface area contributed by atoms with Crippen LogP contribution in [-0.4, -0.2) is 31.0 Å². The van der Waals surface area contributed by atoms with E-state index in [0.29, 0.717) is 11.3 Å². The second-order valence-corrected chi connectivity index (χ2v) is 6.58. The zero-order chi connectivity index (χ0) is 12.7. The van der Waals surface area contributed by atoms with Gasteiger partial charge in [-0.25, -0.2) is 13.1 Å². The summed E-state index contributed by atoms with van der Waals surface area (Å²) in [4.78, 5) is 11.6. The summed E-state index contributed by atoms with van der Waals surface area (Å²) >= 11 is 6.28. The number of nitrogens with one attached hydrogen (secondary N) is 1. The van der Waals surface area contributed by atoms with Crippen LogP contribution >= 0.6 is 23.4 Å². The Kier molecular flexibility index (Phi) is 5.97. The molecule has 0 aliphatic rings. The molecule has 0 saturated heterocycles. The molecule has 7 heteroatoms. The van der Waals surface area contributed by atoms with Gasteiger partial charge in [-0.2, -0.15) is 0 Å². The van der Waals surface area contributed by atoms with Crippen LogP contribution in [0.2, 0.25) is 0 Å². The van der Waals surface area contributed by atoms with Gasteiger partial charge in [-0.15, -0.1) is 11.6 Å². The fraction of sp³-hybridized carbons (Fsp3) is 0.300. The molecule has 0 spiro atoms. The normalized spacial score (nSPS) is 11.4. The first-order valence-corrected chi connectivity index (χ1v) is 7.98. The molecule has 0 atom stereocenters. The van der Waals surface area contributed by atoms with Crippen molar-refractivity contribution in [1.82, 2.24) is 4.72 Å². The number of benzene rings is 1. The highest BCUT2D eigenvalue weighted by Gasteiger charge is 2.08. The number of rotatable bonds is 6. The maximum atomic E-state index is 11.6. The van der Waals surface area contributed by atoms with Gasteiger partial charge < -0.3 is 0 Å². The monoisotopic (exact) mass is 293 g/mol. The van der Waals surface area contributed by atoms with Crippen molar-refractivity contribution in [2.45, 2.75) is 0 Å². The molecular formula is C10H12ClNO3S2. The molecule has 94 valence electrons. The summed E-state index contributed by atoms with van der Waals surface area (Å²) in [6.07, 6.45) is 0. The Morgan fingerprint density at radius 2 is 1.94 bits per heavy atom. The smallest absolute Gasteiger partial charge is 0.225 e. The molecule has 0 amide bonds. The van der Waals surface area contributed by atoms with E-state index in [1.165, 1.54) is 0 Å². The van der Waals surface area contributed by atoms with Gasteiger partial charge in [0.05, 0.1) is 0 Å². The molecule has 0 heterocycles. The van der Waals surface area contributed by atoms with E-state index in [1.807, 2.05) is 6.07 Å². The Labute approximate surface area is 110 Å². The van der Waals surface area contributed by atoms with Crippen molar-refractivity contribution in [2.75, 3.05) is 17.5 Å². The van der Waals surface area contributed by atoms with Crippen molar-refractivity contribution in [3.63, 3.8) is 0 Å². The standard InChI is InChI=1S/C10H12ClNO3S2/c11-8-17(14,15)12-6-7-16-10(13)9-4-2-1-3-5-9/h1-5,12H,6-8H2. The third-order valence-electron chi connectivity index (χ3n) is 1.81. The van der Waals surface area contributed by atoms with E-state index in [-0.39, 0.29) is 11.7 Å². The largest absolute Gasteiger partial charge is 0.282 e. The summed E-state index contributed by atoms with van der Waals surface area (Å²) in [5.74, 6) is 0.379. The molecule has 4 nitrogen and oxygen atoms in total. The van der Waals surface area contributed by atoms with Gasteiger partial charge >= 0.3 is 0 Å². The fourth-order valence-corrected chi connectivity index (χ4v) is 2.58. The maximum Gasteiger partial charge on any atom is 0.225 e. The molecular weight excluding hydrogens is 282 g/mol. The van der Waals surface area contributed by atoms with Gasteiger partial charge in [0, 0.05) is 17.9 Å². The minimum Gasteiger partial charge on any atom is -0.282 e. The molecule has 0 aromatic heterocycles. The second kappa shape index (κ2) is 7.00. The first kappa shape index (κ1) is 14.5. The van der Waals surface area contributed by atoms with Crippen LogP contribution in [0.5, 0.6) is 0 Å². The van der Waals surface area contributed by atoms with Crippen molar-refractivity contribution in [2.24, 2.45) is 0 Å². The van der Waals surface area contributed by atoms with Gasteiger partial charge in [-0.05, 0) is 0 Å². The molecule has 0 bridgehead atoms. The summed E-state index contributed by atoms with van der Waals surface area (Å²) in [6, 6.07) is 8.83. The number of thioether (sulfide) groups is 1. The molecule has 1 aromatic carbocycles. The SMILES string of the molecule is O=C(SCCNS(=O)(=O)CCl)c1ccccc1. The zero-order valence-electron chi connectivity index (χ0n) is 8.93. The highest BCUT2D eigenvalue weighted by Crippen LogP contribution is 2.11. The van der Waals surface area contributed by atoms with Crippen LogP contribution in [-0.2, 0) is 10.0 Å². The average Bonchev–Trinajstić information content (AvgIpc) is 2.35. The molecule has 0 saturated carbocycles. The number of halogens is 1. The maximum absolute atomic E-state index is 11.6. The quantitative estimate of drug-likeness (QED) is 0.640. The average molecular weight is 294 g/mol. The van der Waals surface area contributed by atoms with E-state index in [4.69, 9.17) is 11.6 Å². The summed E-state index contributed by atoms with van der Waals surface area (Å²) in [6.45, 7) is 0.193. The summed E-state index contributed by atoms with van der Waals surface area (Å²) in [5.41, 5.74) is 0.609. The minimum atomic E-state index is -3.39. The lowest BCUT2D eigenvalue weighted by Crippen LogP contribution is -2.26. The van der Waals surface area contributed by atoms with E-state index < -0.39 is 15.2 Å². The summed E-state index contributed by atoms with van der Waals surface area (Å²) in [5, 5.41) is -0.541. The van der Waals surface area contributed by atoms with Crippen molar-refractivity contribution >= 4 is 38.5 Å². The number of carbonyl (C=O) groups excluding carboxylic acids is 1. The topological polar surface area (TPSA) is 63.2 Å². The third kappa shape index (κ3) is 5.54. The van der Waals surface area contributed by atoms with Gasteiger partial charge in [0.2, 0.25) is 15.1 Å². The van der Waals surface area contributed by atoms with E-state index >= 15 is 0 Å². The third-order valence-corrected chi connectivity index (χ3v) is 4.51.